The highest BCUT2D eigenvalue weighted by molar-refractivity contribution is 5.97. The van der Waals surface area contributed by atoms with Crippen molar-refractivity contribution in [2.24, 2.45) is 0 Å². The number of nitrogens with one attached hydrogen (secondary N) is 1. The van der Waals surface area contributed by atoms with E-state index in [0.717, 1.165) is 40.4 Å². The third-order valence-electron chi connectivity index (χ3n) is 5.77. The number of likely N-dealkylation sites (tertiary alicyclic amines) is 1. The molecular formula is C26H30FN3O2. The van der Waals surface area contributed by atoms with Crippen LogP contribution in [0.15, 0.2) is 48.8 Å². The van der Waals surface area contributed by atoms with Gasteiger partial charge in [0.1, 0.15) is 11.4 Å². The van der Waals surface area contributed by atoms with Gasteiger partial charge in [0.05, 0.1) is 0 Å². The molecule has 0 spiro atoms. The number of ether oxygens (including phenoxy) is 1. The largest absolute Gasteiger partial charge is 0.444 e. The van der Waals surface area contributed by atoms with Crippen LogP contribution in [0.2, 0.25) is 0 Å². The number of nitrogens with zero attached hydrogens (tertiary/aromatic N) is 2. The predicted octanol–water partition coefficient (Wildman–Crippen LogP) is 6.16. The summed E-state index contributed by atoms with van der Waals surface area (Å²) >= 11 is 0. The molecule has 1 fully saturated rings. The summed E-state index contributed by atoms with van der Waals surface area (Å²) in [5.41, 5.74) is 2.80. The highest BCUT2D eigenvalue weighted by atomic mass is 19.1. The maximum Gasteiger partial charge on any atom is 0.410 e. The number of rotatable bonds is 3. The Morgan fingerprint density at radius 2 is 1.94 bits per heavy atom. The molecule has 4 rings (SSSR count). The first kappa shape index (κ1) is 22.1. The van der Waals surface area contributed by atoms with E-state index in [1.807, 2.05) is 58.2 Å². The second kappa shape index (κ2) is 8.77. The van der Waals surface area contributed by atoms with Gasteiger partial charge in [-0.3, -0.25) is 4.98 Å². The lowest BCUT2D eigenvalue weighted by molar-refractivity contribution is 0.0210. The van der Waals surface area contributed by atoms with E-state index in [0.29, 0.717) is 18.7 Å². The Morgan fingerprint density at radius 1 is 1.19 bits per heavy atom. The van der Waals surface area contributed by atoms with Crippen LogP contribution in [0.25, 0.3) is 21.9 Å². The summed E-state index contributed by atoms with van der Waals surface area (Å²) < 4.78 is 20.2. The summed E-state index contributed by atoms with van der Waals surface area (Å²) in [7, 11) is 0. The maximum absolute atomic E-state index is 14.7. The SMILES string of the molecule is Cc1cccc(F)c1-c1cc(NC2CCN(C(=O)OC(C)(C)C)CC2)c2ccncc2c1. The zero-order chi connectivity index (χ0) is 22.9. The minimum absolute atomic E-state index is 0.210. The van der Waals surface area contributed by atoms with Crippen LogP contribution in [0, 0.1) is 12.7 Å². The first-order chi connectivity index (χ1) is 15.2. The van der Waals surface area contributed by atoms with Crippen LogP contribution in [0.4, 0.5) is 14.9 Å². The van der Waals surface area contributed by atoms with Crippen molar-refractivity contribution in [1.82, 2.24) is 9.88 Å². The molecule has 168 valence electrons. The first-order valence-corrected chi connectivity index (χ1v) is 11.1. The van der Waals surface area contributed by atoms with Crippen molar-refractivity contribution in [3.8, 4) is 11.1 Å². The van der Waals surface area contributed by atoms with Gasteiger partial charge in [-0.25, -0.2) is 9.18 Å². The van der Waals surface area contributed by atoms with Crippen molar-refractivity contribution in [2.75, 3.05) is 18.4 Å². The molecule has 0 saturated carbocycles. The van der Waals surface area contributed by atoms with E-state index in [2.05, 4.69) is 10.3 Å². The molecule has 1 N–H and O–H groups in total. The monoisotopic (exact) mass is 435 g/mol. The molecular weight excluding hydrogens is 405 g/mol. The molecule has 2 heterocycles. The summed E-state index contributed by atoms with van der Waals surface area (Å²) in [5, 5.41) is 5.66. The number of hydrogen-bond acceptors (Lipinski definition) is 4. The minimum atomic E-state index is -0.496. The van der Waals surface area contributed by atoms with E-state index < -0.39 is 5.60 Å². The van der Waals surface area contributed by atoms with Gasteiger partial charge in [-0.1, -0.05) is 12.1 Å². The Morgan fingerprint density at radius 3 is 2.62 bits per heavy atom. The number of aryl methyl sites for hydroxylation is 1. The van der Waals surface area contributed by atoms with Crippen molar-refractivity contribution < 1.29 is 13.9 Å². The fourth-order valence-electron chi connectivity index (χ4n) is 4.22. The standard InChI is InChI=1S/C26H30FN3O2/c1-17-6-5-7-22(27)24(17)18-14-19-16-28-11-8-21(19)23(15-18)29-20-9-12-30(13-10-20)25(31)32-26(2,3)4/h5-8,11,14-16,20,29H,9-10,12-13H2,1-4H3. The van der Waals surface area contributed by atoms with E-state index in [1.165, 1.54) is 6.07 Å². The molecule has 0 bridgehead atoms. The number of halogens is 1. The van der Waals surface area contributed by atoms with Crippen LogP contribution in [0.3, 0.4) is 0 Å². The van der Waals surface area contributed by atoms with Crippen molar-refractivity contribution >= 4 is 22.6 Å². The van der Waals surface area contributed by atoms with E-state index >= 15 is 0 Å². The summed E-state index contributed by atoms with van der Waals surface area (Å²) in [6, 6.07) is 11.3. The molecule has 3 aromatic rings. The zero-order valence-corrected chi connectivity index (χ0v) is 19.1. The van der Waals surface area contributed by atoms with Gasteiger partial charge in [-0.05, 0) is 75.9 Å². The fraction of sp³-hybridized carbons (Fsp3) is 0.385. The number of carbonyl (C=O) groups excluding carboxylic acids is 1. The molecule has 0 atom stereocenters. The van der Waals surface area contributed by atoms with Crippen molar-refractivity contribution in [2.45, 2.75) is 52.2 Å². The lowest BCUT2D eigenvalue weighted by Gasteiger charge is -2.34. The van der Waals surface area contributed by atoms with Crippen molar-refractivity contribution in [3.63, 3.8) is 0 Å². The lowest BCUT2D eigenvalue weighted by atomic mass is 9.96. The zero-order valence-electron chi connectivity index (χ0n) is 19.1. The molecule has 0 unspecified atom stereocenters. The van der Waals surface area contributed by atoms with E-state index in [1.54, 1.807) is 17.2 Å². The second-order valence-corrected chi connectivity index (χ2v) is 9.44. The molecule has 5 nitrogen and oxygen atoms in total. The lowest BCUT2D eigenvalue weighted by Crippen LogP contribution is -2.44. The summed E-state index contributed by atoms with van der Waals surface area (Å²) in [4.78, 5) is 18.4. The molecule has 1 amide bonds. The third-order valence-corrected chi connectivity index (χ3v) is 5.77. The number of benzene rings is 2. The Kier molecular flexibility index (Phi) is 6.04. The van der Waals surface area contributed by atoms with Crippen LogP contribution < -0.4 is 5.32 Å². The van der Waals surface area contributed by atoms with Crippen LogP contribution in [0.5, 0.6) is 0 Å². The average Bonchev–Trinajstić information content (AvgIpc) is 2.73. The van der Waals surface area contributed by atoms with Gasteiger partial charge in [-0.15, -0.1) is 0 Å². The van der Waals surface area contributed by atoms with Gasteiger partial charge in [0.15, 0.2) is 0 Å². The van der Waals surface area contributed by atoms with Gasteiger partial charge >= 0.3 is 6.09 Å². The van der Waals surface area contributed by atoms with Crippen molar-refractivity contribution in [1.29, 1.82) is 0 Å². The summed E-state index contributed by atoms with van der Waals surface area (Å²) in [6.07, 6.45) is 4.95. The van der Waals surface area contributed by atoms with Gasteiger partial charge < -0.3 is 15.0 Å². The number of anilines is 1. The Hall–Kier alpha value is -3.15. The molecule has 32 heavy (non-hydrogen) atoms. The maximum atomic E-state index is 14.7. The average molecular weight is 436 g/mol. The quantitative estimate of drug-likeness (QED) is 0.535. The van der Waals surface area contributed by atoms with Crippen molar-refractivity contribution in [3.05, 3.63) is 60.2 Å². The van der Waals surface area contributed by atoms with Crippen LogP contribution in [-0.2, 0) is 4.74 Å². The number of amides is 1. The van der Waals surface area contributed by atoms with Gasteiger partial charge in [0.2, 0.25) is 0 Å². The van der Waals surface area contributed by atoms with Gasteiger partial charge in [0, 0.05) is 53.5 Å². The smallest absolute Gasteiger partial charge is 0.410 e. The summed E-state index contributed by atoms with van der Waals surface area (Å²) in [6.45, 7) is 8.83. The topological polar surface area (TPSA) is 54.5 Å². The molecule has 0 aliphatic carbocycles. The molecule has 0 radical (unpaired) electrons. The van der Waals surface area contributed by atoms with Gasteiger partial charge in [-0.2, -0.15) is 0 Å². The Bertz CT molecular complexity index is 1110. The number of hydrogen-bond donors (Lipinski definition) is 1. The predicted molar refractivity (Wildman–Crippen MR) is 126 cm³/mol. The third kappa shape index (κ3) is 4.85. The molecule has 6 heteroatoms. The normalized spacial score (nSPS) is 15.1. The molecule has 1 aliphatic heterocycles. The fourth-order valence-corrected chi connectivity index (χ4v) is 4.22. The highest BCUT2D eigenvalue weighted by Gasteiger charge is 2.27. The molecule has 2 aromatic carbocycles. The van der Waals surface area contributed by atoms with Crippen LogP contribution >= 0.6 is 0 Å². The number of aromatic nitrogens is 1. The number of pyridine rings is 1. The minimum Gasteiger partial charge on any atom is -0.444 e. The van der Waals surface area contributed by atoms with E-state index in [9.17, 15) is 9.18 Å². The van der Waals surface area contributed by atoms with Crippen LogP contribution in [0.1, 0.15) is 39.2 Å². The number of carbonyl (C=O) groups is 1. The first-order valence-electron chi connectivity index (χ1n) is 11.1. The Balaban J connectivity index is 1.57. The van der Waals surface area contributed by atoms with E-state index in [-0.39, 0.29) is 18.0 Å². The molecule has 1 aliphatic rings. The second-order valence-electron chi connectivity index (χ2n) is 9.44. The number of fused-ring (bicyclic) bond motifs is 1. The van der Waals surface area contributed by atoms with Gasteiger partial charge in [0.25, 0.3) is 0 Å². The highest BCUT2D eigenvalue weighted by Crippen LogP contribution is 2.34. The van der Waals surface area contributed by atoms with Crippen LogP contribution in [-0.4, -0.2) is 40.7 Å². The van der Waals surface area contributed by atoms with E-state index in [4.69, 9.17) is 4.74 Å². The molecule has 1 aromatic heterocycles. The number of piperidine rings is 1. The summed E-state index contributed by atoms with van der Waals surface area (Å²) in [5.74, 6) is -0.232. The molecule has 1 saturated heterocycles. The Labute approximate surface area is 188 Å².